The van der Waals surface area contributed by atoms with Crippen LogP contribution in [0.5, 0.6) is 5.75 Å². The summed E-state index contributed by atoms with van der Waals surface area (Å²) in [6.45, 7) is 2.03. The third-order valence-electron chi connectivity index (χ3n) is 5.00. The van der Waals surface area contributed by atoms with Gasteiger partial charge in [-0.05, 0) is 54.5 Å². The molecule has 2 fully saturated rings. The first-order chi connectivity index (χ1) is 10.9. The predicted octanol–water partition coefficient (Wildman–Crippen LogP) is 2.75. The van der Waals surface area contributed by atoms with E-state index in [1.807, 2.05) is 6.92 Å². The Morgan fingerprint density at radius 3 is 2.61 bits per heavy atom. The lowest BCUT2D eigenvalue weighted by atomic mass is 9.92. The van der Waals surface area contributed by atoms with Gasteiger partial charge in [0, 0.05) is 30.8 Å². The average Bonchev–Trinajstić information content (AvgIpc) is 3.26. The van der Waals surface area contributed by atoms with Gasteiger partial charge in [0.15, 0.2) is 0 Å². The molecule has 0 aliphatic heterocycles. The van der Waals surface area contributed by atoms with Crippen molar-refractivity contribution >= 4 is 21.8 Å². The van der Waals surface area contributed by atoms with Crippen molar-refractivity contribution in [3.63, 3.8) is 0 Å². The van der Waals surface area contributed by atoms with Gasteiger partial charge in [0.05, 0.1) is 10.6 Å². The quantitative estimate of drug-likeness (QED) is 0.870. The Balaban J connectivity index is 1.52. The lowest BCUT2D eigenvalue weighted by Crippen LogP contribution is -2.42. The fraction of sp³-hybridized carbons (Fsp3) is 0.647. The molecule has 126 valence electrons. The molecule has 0 bridgehead atoms. The molecule has 1 heterocycles. The van der Waals surface area contributed by atoms with Crippen LogP contribution in [0, 0.1) is 5.41 Å². The highest BCUT2D eigenvalue weighted by Gasteiger charge is 2.45. The van der Waals surface area contributed by atoms with Crippen LogP contribution < -0.4 is 15.6 Å². The Kier molecular flexibility index (Phi) is 4.54. The Hall–Kier alpha value is -1.30. The van der Waals surface area contributed by atoms with E-state index in [0.717, 1.165) is 43.0 Å². The number of nitrogens with zero attached hydrogens (tertiary/aromatic N) is 1. The summed E-state index contributed by atoms with van der Waals surface area (Å²) in [4.78, 5) is 23.8. The molecule has 2 aliphatic rings. The van der Waals surface area contributed by atoms with E-state index in [4.69, 9.17) is 4.74 Å². The first kappa shape index (κ1) is 16.6. The van der Waals surface area contributed by atoms with E-state index in [-0.39, 0.29) is 29.0 Å². The Morgan fingerprint density at radius 2 is 2.00 bits per heavy atom. The summed E-state index contributed by atoms with van der Waals surface area (Å²) in [5.41, 5.74) is -0.190. The van der Waals surface area contributed by atoms with Crippen molar-refractivity contribution in [1.82, 2.24) is 9.88 Å². The fourth-order valence-electron chi connectivity index (χ4n) is 2.95. The van der Waals surface area contributed by atoms with E-state index in [2.05, 4.69) is 21.2 Å². The molecule has 3 rings (SSSR count). The number of carbonyl (C=O) groups is 1. The van der Waals surface area contributed by atoms with Gasteiger partial charge in [0.25, 0.3) is 5.56 Å². The SMILES string of the molecule is Cn1cc(Br)c(O[C@H]2CC[C@H](NC(=O)C3(C)CC3)CC2)cc1=O. The van der Waals surface area contributed by atoms with E-state index < -0.39 is 0 Å². The third-order valence-corrected chi connectivity index (χ3v) is 5.59. The van der Waals surface area contributed by atoms with Gasteiger partial charge >= 0.3 is 0 Å². The fourth-order valence-corrected chi connectivity index (χ4v) is 3.46. The first-order valence-electron chi connectivity index (χ1n) is 8.21. The maximum atomic E-state index is 12.1. The van der Waals surface area contributed by atoms with Crippen LogP contribution in [0.3, 0.4) is 0 Å². The molecule has 1 aromatic heterocycles. The second-order valence-electron chi connectivity index (χ2n) is 7.06. The lowest BCUT2D eigenvalue weighted by molar-refractivity contribution is -0.126. The summed E-state index contributed by atoms with van der Waals surface area (Å²) in [5, 5.41) is 3.18. The number of aryl methyl sites for hydroxylation is 1. The molecule has 2 aliphatic carbocycles. The Labute approximate surface area is 144 Å². The molecule has 0 radical (unpaired) electrons. The van der Waals surface area contributed by atoms with Crippen LogP contribution >= 0.6 is 15.9 Å². The lowest BCUT2D eigenvalue weighted by Gasteiger charge is -2.30. The zero-order valence-corrected chi connectivity index (χ0v) is 15.2. The monoisotopic (exact) mass is 382 g/mol. The number of aromatic nitrogens is 1. The van der Waals surface area contributed by atoms with E-state index in [9.17, 15) is 9.59 Å². The second-order valence-corrected chi connectivity index (χ2v) is 7.91. The van der Waals surface area contributed by atoms with E-state index in [0.29, 0.717) is 5.75 Å². The van der Waals surface area contributed by atoms with Gasteiger partial charge < -0.3 is 14.6 Å². The first-order valence-corrected chi connectivity index (χ1v) is 9.00. The summed E-state index contributed by atoms with van der Waals surface area (Å²) in [7, 11) is 1.71. The average molecular weight is 383 g/mol. The molecule has 1 N–H and O–H groups in total. The number of rotatable bonds is 4. The van der Waals surface area contributed by atoms with Crippen molar-refractivity contribution in [3.05, 3.63) is 27.1 Å². The molecule has 0 atom stereocenters. The van der Waals surface area contributed by atoms with Crippen LogP contribution in [-0.4, -0.2) is 22.6 Å². The molecule has 0 unspecified atom stereocenters. The van der Waals surface area contributed by atoms with Crippen LogP contribution in [0.25, 0.3) is 0 Å². The highest BCUT2D eigenvalue weighted by atomic mass is 79.9. The number of nitrogens with one attached hydrogen (secondary N) is 1. The standard InChI is InChI=1S/C17H23BrN2O3/c1-17(7-8-17)16(22)19-11-3-5-12(6-4-11)23-14-9-15(21)20(2)10-13(14)18/h9-12H,3-8H2,1-2H3,(H,19,22)/t11-,12-. The maximum absolute atomic E-state index is 12.1. The topological polar surface area (TPSA) is 60.3 Å². The van der Waals surface area contributed by atoms with Gasteiger partial charge in [-0.3, -0.25) is 9.59 Å². The number of hydrogen-bond acceptors (Lipinski definition) is 3. The van der Waals surface area contributed by atoms with Gasteiger partial charge in [0.1, 0.15) is 5.75 Å². The molecule has 0 spiro atoms. The number of halogens is 1. The Morgan fingerprint density at radius 1 is 1.35 bits per heavy atom. The van der Waals surface area contributed by atoms with Crippen molar-refractivity contribution < 1.29 is 9.53 Å². The maximum Gasteiger partial charge on any atom is 0.254 e. The molecule has 23 heavy (non-hydrogen) atoms. The van der Waals surface area contributed by atoms with Gasteiger partial charge in [-0.1, -0.05) is 6.92 Å². The number of carbonyl (C=O) groups excluding carboxylic acids is 1. The van der Waals surface area contributed by atoms with Gasteiger partial charge in [-0.2, -0.15) is 0 Å². The summed E-state index contributed by atoms with van der Waals surface area (Å²) < 4.78 is 8.29. The zero-order chi connectivity index (χ0) is 16.6. The highest BCUT2D eigenvalue weighted by Crippen LogP contribution is 2.45. The molecule has 6 heteroatoms. The van der Waals surface area contributed by atoms with Crippen molar-refractivity contribution in [3.8, 4) is 5.75 Å². The van der Waals surface area contributed by atoms with Crippen LogP contribution in [0.15, 0.2) is 21.5 Å². The minimum Gasteiger partial charge on any atom is -0.489 e. The third kappa shape index (κ3) is 3.79. The van der Waals surface area contributed by atoms with Crippen LogP contribution in [0.4, 0.5) is 0 Å². The summed E-state index contributed by atoms with van der Waals surface area (Å²) in [6, 6.07) is 1.78. The van der Waals surface area contributed by atoms with Gasteiger partial charge in [0.2, 0.25) is 5.91 Å². The number of hydrogen-bond donors (Lipinski definition) is 1. The molecular weight excluding hydrogens is 360 g/mol. The minimum absolute atomic E-state index is 0.0816. The van der Waals surface area contributed by atoms with Crippen LogP contribution in [-0.2, 0) is 11.8 Å². The molecule has 5 nitrogen and oxygen atoms in total. The Bertz CT molecular complexity index is 658. The molecule has 0 saturated heterocycles. The van der Waals surface area contributed by atoms with Crippen LogP contribution in [0.1, 0.15) is 45.4 Å². The van der Waals surface area contributed by atoms with E-state index in [1.54, 1.807) is 13.2 Å². The minimum atomic E-state index is -0.109. The normalized spacial score (nSPS) is 25.7. The van der Waals surface area contributed by atoms with Gasteiger partial charge in [-0.25, -0.2) is 0 Å². The summed E-state index contributed by atoms with van der Waals surface area (Å²) in [6.07, 6.45) is 7.47. The molecule has 0 aromatic carbocycles. The molecule has 1 aromatic rings. The molecule has 2 saturated carbocycles. The number of amides is 1. The summed E-state index contributed by atoms with van der Waals surface area (Å²) in [5.74, 6) is 0.808. The van der Waals surface area contributed by atoms with Crippen molar-refractivity contribution in [2.24, 2.45) is 12.5 Å². The highest BCUT2D eigenvalue weighted by molar-refractivity contribution is 9.10. The number of pyridine rings is 1. The summed E-state index contributed by atoms with van der Waals surface area (Å²) >= 11 is 3.44. The van der Waals surface area contributed by atoms with Crippen molar-refractivity contribution in [2.75, 3.05) is 0 Å². The number of ether oxygens (including phenoxy) is 1. The van der Waals surface area contributed by atoms with Gasteiger partial charge in [-0.15, -0.1) is 0 Å². The predicted molar refractivity (Wildman–Crippen MR) is 91.5 cm³/mol. The zero-order valence-electron chi connectivity index (χ0n) is 13.6. The van der Waals surface area contributed by atoms with Crippen molar-refractivity contribution in [1.29, 1.82) is 0 Å². The van der Waals surface area contributed by atoms with Crippen molar-refractivity contribution in [2.45, 2.75) is 57.6 Å². The molecule has 1 amide bonds. The van der Waals surface area contributed by atoms with Crippen LogP contribution in [0.2, 0.25) is 0 Å². The molecular formula is C17H23BrN2O3. The largest absolute Gasteiger partial charge is 0.489 e. The smallest absolute Gasteiger partial charge is 0.254 e. The second kappa shape index (κ2) is 6.30. The van der Waals surface area contributed by atoms with E-state index >= 15 is 0 Å². The van der Waals surface area contributed by atoms with E-state index in [1.165, 1.54) is 10.6 Å².